The van der Waals surface area contributed by atoms with Crippen molar-refractivity contribution in [3.05, 3.63) is 100 Å². The average Bonchev–Trinajstić information content (AvgIpc) is 3.32. The first kappa shape index (κ1) is 22.8. The van der Waals surface area contributed by atoms with E-state index < -0.39 is 0 Å². The van der Waals surface area contributed by atoms with E-state index in [0.29, 0.717) is 25.3 Å². The summed E-state index contributed by atoms with van der Waals surface area (Å²) in [7, 11) is 0. The number of fused-ring (bicyclic) bond motifs is 1. The number of aryl methyl sites for hydroxylation is 1. The summed E-state index contributed by atoms with van der Waals surface area (Å²) in [5.74, 6) is 0.513. The van der Waals surface area contributed by atoms with E-state index in [1.54, 1.807) is 34.4 Å². The third kappa shape index (κ3) is 5.34. The van der Waals surface area contributed by atoms with Gasteiger partial charge in [-0.1, -0.05) is 42.0 Å². The van der Waals surface area contributed by atoms with E-state index in [9.17, 15) is 9.59 Å². The topological polar surface area (TPSA) is 49.9 Å². The number of benzene rings is 2. The van der Waals surface area contributed by atoms with E-state index in [0.717, 1.165) is 23.3 Å². The predicted molar refractivity (Wildman–Crippen MR) is 132 cm³/mol. The van der Waals surface area contributed by atoms with Crippen molar-refractivity contribution >= 4 is 23.2 Å². The summed E-state index contributed by atoms with van der Waals surface area (Å²) in [6.45, 7) is 7.03. The van der Waals surface area contributed by atoms with Gasteiger partial charge in [0.1, 0.15) is 18.9 Å². The molecule has 1 aliphatic rings. The lowest BCUT2D eigenvalue weighted by Gasteiger charge is -2.37. The van der Waals surface area contributed by atoms with Gasteiger partial charge in [0.25, 0.3) is 5.91 Å². The number of ether oxygens (including phenoxy) is 1. The van der Waals surface area contributed by atoms with Crippen LogP contribution in [0.2, 0.25) is 0 Å². The van der Waals surface area contributed by atoms with E-state index in [4.69, 9.17) is 4.74 Å². The lowest BCUT2D eigenvalue weighted by Crippen LogP contribution is -2.47. The molecule has 0 spiro atoms. The van der Waals surface area contributed by atoms with Crippen LogP contribution in [-0.4, -0.2) is 47.9 Å². The molecule has 170 valence electrons. The minimum Gasteiger partial charge on any atom is -0.491 e. The highest BCUT2D eigenvalue weighted by molar-refractivity contribution is 7.10. The Morgan fingerprint density at radius 1 is 1.15 bits per heavy atom. The molecule has 1 atom stereocenters. The molecule has 2 aromatic carbocycles. The van der Waals surface area contributed by atoms with Crippen LogP contribution in [-0.2, 0) is 11.2 Å². The Labute approximate surface area is 198 Å². The predicted octanol–water partition coefficient (Wildman–Crippen LogP) is 4.89. The number of amides is 2. The second kappa shape index (κ2) is 10.5. The van der Waals surface area contributed by atoms with E-state index >= 15 is 0 Å². The van der Waals surface area contributed by atoms with Crippen LogP contribution in [0.15, 0.2) is 78.7 Å². The van der Waals surface area contributed by atoms with Crippen molar-refractivity contribution in [2.75, 3.05) is 26.2 Å². The SMILES string of the molecule is C=CCN(CC(=O)N1CCc2sccc2[C@H]1COc1ccccc1)C(=O)c1ccc(C)cc1. The monoisotopic (exact) mass is 460 g/mol. The van der Waals surface area contributed by atoms with Gasteiger partial charge < -0.3 is 14.5 Å². The molecule has 2 amide bonds. The average molecular weight is 461 g/mol. The number of thiophene rings is 1. The normalized spacial score (nSPS) is 14.9. The first-order valence-electron chi connectivity index (χ1n) is 11.1. The zero-order valence-corrected chi connectivity index (χ0v) is 19.6. The van der Waals surface area contributed by atoms with Crippen LogP contribution in [0.4, 0.5) is 0 Å². The summed E-state index contributed by atoms with van der Waals surface area (Å²) in [5, 5.41) is 2.07. The number of rotatable bonds is 8. The number of nitrogens with zero attached hydrogens (tertiary/aromatic N) is 2. The molecular formula is C27H28N2O3S. The molecule has 6 heteroatoms. The third-order valence-electron chi connectivity index (χ3n) is 5.83. The zero-order valence-electron chi connectivity index (χ0n) is 18.8. The molecule has 0 N–H and O–H groups in total. The minimum atomic E-state index is -0.187. The molecule has 0 fully saturated rings. The lowest BCUT2D eigenvalue weighted by molar-refractivity contribution is -0.135. The number of hydrogen-bond donors (Lipinski definition) is 0. The van der Waals surface area contributed by atoms with E-state index in [-0.39, 0.29) is 24.4 Å². The molecule has 0 unspecified atom stereocenters. The largest absolute Gasteiger partial charge is 0.491 e. The van der Waals surface area contributed by atoms with Crippen LogP contribution in [0, 0.1) is 6.92 Å². The molecular weight excluding hydrogens is 432 g/mol. The van der Waals surface area contributed by atoms with Gasteiger partial charge >= 0.3 is 0 Å². The highest BCUT2D eigenvalue weighted by atomic mass is 32.1. The van der Waals surface area contributed by atoms with Crippen LogP contribution in [0.1, 0.15) is 32.4 Å². The van der Waals surface area contributed by atoms with Crippen molar-refractivity contribution in [1.29, 1.82) is 0 Å². The second-order valence-electron chi connectivity index (χ2n) is 8.12. The summed E-state index contributed by atoms with van der Waals surface area (Å²) in [6, 6.07) is 18.9. The van der Waals surface area contributed by atoms with Crippen molar-refractivity contribution < 1.29 is 14.3 Å². The standard InChI is InChI=1S/C27H28N2O3S/c1-3-15-28(27(31)21-11-9-20(2)10-12-21)18-26(30)29-16-13-25-23(14-17-33-25)24(29)19-32-22-7-5-4-6-8-22/h3-12,14,17,24H,1,13,15-16,18-19H2,2H3/t24-/m1/s1. The maximum Gasteiger partial charge on any atom is 0.254 e. The van der Waals surface area contributed by atoms with E-state index in [1.807, 2.05) is 54.3 Å². The molecule has 0 radical (unpaired) electrons. The van der Waals surface area contributed by atoms with Gasteiger partial charge in [-0.2, -0.15) is 0 Å². The molecule has 2 heterocycles. The highest BCUT2D eigenvalue weighted by Crippen LogP contribution is 2.34. The number of carbonyl (C=O) groups is 2. The summed E-state index contributed by atoms with van der Waals surface area (Å²) in [5.41, 5.74) is 2.78. The van der Waals surface area contributed by atoms with Crippen LogP contribution in [0.5, 0.6) is 5.75 Å². The van der Waals surface area contributed by atoms with Gasteiger partial charge in [0.15, 0.2) is 0 Å². The minimum absolute atomic E-state index is 0.0000369. The Bertz CT molecular complexity index is 1110. The fraction of sp³-hybridized carbons (Fsp3) is 0.259. The van der Waals surface area contributed by atoms with Crippen molar-refractivity contribution in [3.63, 3.8) is 0 Å². The van der Waals surface area contributed by atoms with Gasteiger partial charge in [-0.15, -0.1) is 17.9 Å². The number of para-hydroxylation sites is 1. The molecule has 33 heavy (non-hydrogen) atoms. The summed E-state index contributed by atoms with van der Waals surface area (Å²) < 4.78 is 6.05. The van der Waals surface area contributed by atoms with Crippen molar-refractivity contribution in [2.24, 2.45) is 0 Å². The summed E-state index contributed by atoms with van der Waals surface area (Å²) in [4.78, 5) is 31.3. The third-order valence-corrected chi connectivity index (χ3v) is 6.82. The first-order valence-corrected chi connectivity index (χ1v) is 11.9. The molecule has 4 rings (SSSR count). The Kier molecular flexibility index (Phi) is 7.25. The van der Waals surface area contributed by atoms with Crippen LogP contribution >= 0.6 is 11.3 Å². The fourth-order valence-electron chi connectivity index (χ4n) is 4.07. The summed E-state index contributed by atoms with van der Waals surface area (Å²) >= 11 is 1.72. The van der Waals surface area contributed by atoms with Gasteiger partial charge in [-0.3, -0.25) is 9.59 Å². The van der Waals surface area contributed by atoms with Crippen molar-refractivity contribution in [2.45, 2.75) is 19.4 Å². The molecule has 0 saturated heterocycles. The maximum atomic E-state index is 13.5. The molecule has 5 nitrogen and oxygen atoms in total. The quantitative estimate of drug-likeness (QED) is 0.450. The molecule has 0 aliphatic carbocycles. The Morgan fingerprint density at radius 3 is 2.64 bits per heavy atom. The van der Waals surface area contributed by atoms with Crippen LogP contribution in [0.25, 0.3) is 0 Å². The van der Waals surface area contributed by atoms with Gasteiger partial charge in [-0.05, 0) is 54.6 Å². The molecule has 1 aromatic heterocycles. The molecule has 0 bridgehead atoms. The Balaban J connectivity index is 1.51. The molecule has 1 aliphatic heterocycles. The van der Waals surface area contributed by atoms with E-state index in [1.165, 1.54) is 4.88 Å². The second-order valence-corrected chi connectivity index (χ2v) is 9.12. The highest BCUT2D eigenvalue weighted by Gasteiger charge is 2.33. The van der Waals surface area contributed by atoms with Crippen molar-refractivity contribution in [3.8, 4) is 5.75 Å². The van der Waals surface area contributed by atoms with Gasteiger partial charge in [0, 0.05) is 23.5 Å². The maximum absolute atomic E-state index is 13.5. The van der Waals surface area contributed by atoms with Gasteiger partial charge in [0.2, 0.25) is 5.91 Å². The first-order chi connectivity index (χ1) is 16.1. The van der Waals surface area contributed by atoms with Gasteiger partial charge in [-0.25, -0.2) is 0 Å². The lowest BCUT2D eigenvalue weighted by atomic mass is 10.0. The fourth-order valence-corrected chi connectivity index (χ4v) is 5.00. The van der Waals surface area contributed by atoms with Crippen LogP contribution < -0.4 is 4.74 Å². The van der Waals surface area contributed by atoms with Crippen molar-refractivity contribution in [1.82, 2.24) is 9.80 Å². The smallest absolute Gasteiger partial charge is 0.254 e. The number of hydrogen-bond acceptors (Lipinski definition) is 4. The molecule has 3 aromatic rings. The zero-order chi connectivity index (χ0) is 23.2. The van der Waals surface area contributed by atoms with Gasteiger partial charge in [0.05, 0.1) is 6.04 Å². The Hall–Kier alpha value is -3.38. The number of carbonyl (C=O) groups excluding carboxylic acids is 2. The van der Waals surface area contributed by atoms with E-state index in [2.05, 4.69) is 18.0 Å². The van der Waals surface area contributed by atoms with Crippen LogP contribution in [0.3, 0.4) is 0 Å². The Morgan fingerprint density at radius 2 is 1.91 bits per heavy atom. The summed E-state index contributed by atoms with van der Waals surface area (Å²) in [6.07, 6.45) is 2.47. The molecule has 0 saturated carbocycles.